The van der Waals surface area contributed by atoms with Gasteiger partial charge in [-0.3, -0.25) is 9.59 Å². The zero-order valence-electron chi connectivity index (χ0n) is 15.1. The first kappa shape index (κ1) is 20.2. The van der Waals surface area contributed by atoms with E-state index in [1.165, 1.54) is 4.90 Å². The van der Waals surface area contributed by atoms with Crippen molar-refractivity contribution in [2.24, 2.45) is 5.73 Å². The van der Waals surface area contributed by atoms with Crippen LogP contribution in [-0.4, -0.2) is 53.8 Å². The van der Waals surface area contributed by atoms with Gasteiger partial charge in [0.25, 0.3) is 5.91 Å². The van der Waals surface area contributed by atoms with Crippen LogP contribution in [0.5, 0.6) is 0 Å². The van der Waals surface area contributed by atoms with E-state index in [1.54, 1.807) is 17.0 Å². The number of hydrogen-bond acceptors (Lipinski definition) is 3. The Morgan fingerprint density at radius 1 is 1.04 bits per heavy atom. The molecule has 0 bridgehead atoms. The van der Waals surface area contributed by atoms with Gasteiger partial charge in [0.2, 0.25) is 5.91 Å². The molecule has 1 atom stereocenters. The number of halogens is 3. The van der Waals surface area contributed by atoms with Crippen LogP contribution < -0.4 is 5.73 Å². The van der Waals surface area contributed by atoms with Crippen molar-refractivity contribution < 1.29 is 18.4 Å². The molecule has 1 fully saturated rings. The maximum atomic E-state index is 13.8. The van der Waals surface area contributed by atoms with Crippen LogP contribution in [0.1, 0.15) is 15.9 Å². The normalized spacial score (nSPS) is 15.4. The molecule has 0 radical (unpaired) electrons. The van der Waals surface area contributed by atoms with Crippen molar-refractivity contribution in [3.63, 3.8) is 0 Å². The summed E-state index contributed by atoms with van der Waals surface area (Å²) in [6.45, 7) is 0.994. The molecule has 2 amide bonds. The van der Waals surface area contributed by atoms with Crippen LogP contribution in [0.2, 0.25) is 5.02 Å². The smallest absolute Gasteiger partial charge is 0.257 e. The first-order valence-electron chi connectivity index (χ1n) is 8.89. The molecule has 3 rings (SSSR count). The van der Waals surface area contributed by atoms with E-state index in [0.717, 1.165) is 23.8 Å². The number of nitrogens with two attached hydrogens (primary N) is 1. The first-order valence-corrected chi connectivity index (χ1v) is 9.26. The number of hydrogen-bond donors (Lipinski definition) is 1. The largest absolute Gasteiger partial charge is 0.338 e. The summed E-state index contributed by atoms with van der Waals surface area (Å²) in [5.74, 6) is -2.27. The Labute approximate surface area is 166 Å². The topological polar surface area (TPSA) is 66.6 Å². The Kier molecular flexibility index (Phi) is 6.26. The third-order valence-corrected chi connectivity index (χ3v) is 5.12. The second kappa shape index (κ2) is 8.67. The average molecular weight is 408 g/mol. The minimum Gasteiger partial charge on any atom is -0.338 e. The first-order chi connectivity index (χ1) is 13.4. The second-order valence-electron chi connectivity index (χ2n) is 6.64. The van der Waals surface area contributed by atoms with Gasteiger partial charge in [-0.1, -0.05) is 29.8 Å². The molecule has 1 saturated heterocycles. The predicted molar refractivity (Wildman–Crippen MR) is 102 cm³/mol. The molecule has 0 aromatic heterocycles. The molecular weight excluding hydrogens is 388 g/mol. The molecule has 1 unspecified atom stereocenters. The van der Waals surface area contributed by atoms with E-state index in [1.807, 2.05) is 12.1 Å². The van der Waals surface area contributed by atoms with Gasteiger partial charge in [0.1, 0.15) is 11.6 Å². The van der Waals surface area contributed by atoms with E-state index in [9.17, 15) is 18.4 Å². The lowest BCUT2D eigenvalue weighted by Gasteiger charge is -2.36. The maximum Gasteiger partial charge on any atom is 0.257 e. The van der Waals surface area contributed by atoms with Crippen molar-refractivity contribution in [2.75, 3.05) is 26.2 Å². The molecule has 8 heteroatoms. The van der Waals surface area contributed by atoms with Gasteiger partial charge in [0.05, 0.1) is 11.6 Å². The molecule has 1 aliphatic heterocycles. The van der Waals surface area contributed by atoms with Crippen LogP contribution >= 0.6 is 11.6 Å². The molecular formula is C20H20ClF2N3O2. The molecule has 1 aliphatic rings. The summed E-state index contributed by atoms with van der Waals surface area (Å²) in [5, 5.41) is 0.554. The molecule has 2 N–H and O–H groups in total. The number of amides is 2. The summed E-state index contributed by atoms with van der Waals surface area (Å²) in [6.07, 6.45) is 0.312. The van der Waals surface area contributed by atoms with Gasteiger partial charge >= 0.3 is 0 Å². The van der Waals surface area contributed by atoms with Crippen LogP contribution in [0, 0.1) is 11.6 Å². The molecule has 2 aromatic rings. The summed E-state index contributed by atoms with van der Waals surface area (Å²) in [5.41, 5.74) is 6.53. The Morgan fingerprint density at radius 3 is 2.36 bits per heavy atom. The highest BCUT2D eigenvalue weighted by Crippen LogP contribution is 2.18. The number of piperazine rings is 1. The SMILES string of the molecule is NC(Cc1ccccc1Cl)C(=O)N1CCN(C(=O)c2cc(F)ccc2F)CC1. The summed E-state index contributed by atoms with van der Waals surface area (Å²) in [7, 11) is 0. The lowest BCUT2D eigenvalue weighted by Crippen LogP contribution is -2.54. The third kappa shape index (κ3) is 4.48. The molecule has 28 heavy (non-hydrogen) atoms. The van der Waals surface area contributed by atoms with E-state index in [0.29, 0.717) is 11.4 Å². The highest BCUT2D eigenvalue weighted by Gasteiger charge is 2.29. The molecule has 148 valence electrons. The number of nitrogens with zero attached hydrogens (tertiary/aromatic N) is 2. The van der Waals surface area contributed by atoms with Crippen LogP contribution in [0.3, 0.4) is 0 Å². The van der Waals surface area contributed by atoms with Crippen LogP contribution in [0.25, 0.3) is 0 Å². The Balaban J connectivity index is 1.58. The summed E-state index contributed by atoms with van der Waals surface area (Å²) >= 11 is 6.11. The fraction of sp³-hybridized carbons (Fsp3) is 0.300. The van der Waals surface area contributed by atoms with E-state index >= 15 is 0 Å². The maximum absolute atomic E-state index is 13.8. The van der Waals surface area contributed by atoms with Crippen LogP contribution in [-0.2, 0) is 11.2 Å². The van der Waals surface area contributed by atoms with E-state index < -0.39 is 23.6 Å². The van der Waals surface area contributed by atoms with Crippen LogP contribution in [0.4, 0.5) is 8.78 Å². The fourth-order valence-corrected chi connectivity index (χ4v) is 3.40. The van der Waals surface area contributed by atoms with Gasteiger partial charge in [0.15, 0.2) is 0 Å². The van der Waals surface area contributed by atoms with Crippen molar-refractivity contribution in [2.45, 2.75) is 12.5 Å². The highest BCUT2D eigenvalue weighted by molar-refractivity contribution is 6.31. The van der Waals surface area contributed by atoms with Gasteiger partial charge in [0, 0.05) is 31.2 Å². The molecule has 5 nitrogen and oxygen atoms in total. The number of carbonyl (C=O) groups excluding carboxylic acids is 2. The Hall–Kier alpha value is -2.51. The molecule has 2 aromatic carbocycles. The zero-order valence-corrected chi connectivity index (χ0v) is 15.8. The molecule has 0 saturated carbocycles. The zero-order chi connectivity index (χ0) is 20.3. The molecule has 0 spiro atoms. The second-order valence-corrected chi connectivity index (χ2v) is 7.05. The van der Waals surface area contributed by atoms with Crippen LogP contribution in [0.15, 0.2) is 42.5 Å². The Morgan fingerprint density at radius 2 is 1.68 bits per heavy atom. The quantitative estimate of drug-likeness (QED) is 0.846. The lowest BCUT2D eigenvalue weighted by molar-refractivity contribution is -0.134. The van der Waals surface area contributed by atoms with E-state index in [2.05, 4.69) is 0 Å². The highest BCUT2D eigenvalue weighted by atomic mass is 35.5. The lowest BCUT2D eigenvalue weighted by atomic mass is 10.0. The van der Waals surface area contributed by atoms with E-state index in [-0.39, 0.29) is 37.6 Å². The summed E-state index contributed by atoms with van der Waals surface area (Å²) in [4.78, 5) is 28.0. The standard InChI is InChI=1S/C20H20ClF2N3O2/c21-16-4-2-1-3-13(16)11-18(24)20(28)26-9-7-25(8-10-26)19(27)15-12-14(22)5-6-17(15)23/h1-6,12,18H,7-11,24H2. The van der Waals surface area contributed by atoms with Gasteiger partial charge in [-0.2, -0.15) is 0 Å². The monoisotopic (exact) mass is 407 g/mol. The minimum absolute atomic E-state index is 0.222. The summed E-state index contributed by atoms with van der Waals surface area (Å²) in [6, 6.07) is 9.21. The van der Waals surface area contributed by atoms with Crippen molar-refractivity contribution in [1.29, 1.82) is 0 Å². The number of rotatable bonds is 4. The van der Waals surface area contributed by atoms with Gasteiger partial charge < -0.3 is 15.5 Å². The predicted octanol–water partition coefficient (Wildman–Crippen LogP) is 2.47. The van der Waals surface area contributed by atoms with Gasteiger partial charge in [-0.25, -0.2) is 8.78 Å². The summed E-state index contributed by atoms with van der Waals surface area (Å²) < 4.78 is 27.1. The fourth-order valence-electron chi connectivity index (χ4n) is 3.18. The molecule has 0 aliphatic carbocycles. The van der Waals surface area contributed by atoms with E-state index in [4.69, 9.17) is 17.3 Å². The minimum atomic E-state index is -0.772. The van der Waals surface area contributed by atoms with Crippen molar-refractivity contribution in [3.05, 3.63) is 70.2 Å². The average Bonchev–Trinajstić information content (AvgIpc) is 2.70. The van der Waals surface area contributed by atoms with Crippen molar-refractivity contribution in [1.82, 2.24) is 9.80 Å². The van der Waals surface area contributed by atoms with Gasteiger partial charge in [-0.05, 0) is 36.2 Å². The molecule has 1 heterocycles. The third-order valence-electron chi connectivity index (χ3n) is 4.75. The number of benzene rings is 2. The van der Waals surface area contributed by atoms with Gasteiger partial charge in [-0.15, -0.1) is 0 Å². The Bertz CT molecular complexity index is 886. The van der Waals surface area contributed by atoms with Crippen molar-refractivity contribution in [3.8, 4) is 0 Å². The van der Waals surface area contributed by atoms with Crippen molar-refractivity contribution >= 4 is 23.4 Å². The number of carbonyl (C=O) groups is 2.